The van der Waals surface area contributed by atoms with E-state index in [2.05, 4.69) is 10.1 Å². The van der Waals surface area contributed by atoms with Crippen LogP contribution in [-0.2, 0) is 12.0 Å². The van der Waals surface area contributed by atoms with Crippen LogP contribution in [0, 0.1) is 5.92 Å². The molecule has 2 N–H and O–H groups in total. The first kappa shape index (κ1) is 8.69. The van der Waals surface area contributed by atoms with Crippen LogP contribution in [0.25, 0.3) is 0 Å². The van der Waals surface area contributed by atoms with Crippen LogP contribution in [0.2, 0.25) is 0 Å². The van der Waals surface area contributed by atoms with Gasteiger partial charge in [-0.1, -0.05) is 12.1 Å². The Bertz CT molecular complexity index is 302. The molecule has 1 atom stereocenters. The molecule has 2 rings (SSSR count). The molecule has 1 saturated carbocycles. The fraction of sp³-hybridized carbons (Fsp3) is 0.778. The van der Waals surface area contributed by atoms with Crippen molar-refractivity contribution in [3.05, 3.63) is 11.7 Å². The highest BCUT2D eigenvalue weighted by Gasteiger charge is 2.43. The second-order valence-corrected chi connectivity index (χ2v) is 3.93. The van der Waals surface area contributed by atoms with Gasteiger partial charge in [-0.05, 0) is 25.7 Å². The van der Waals surface area contributed by atoms with Gasteiger partial charge in [0, 0.05) is 6.42 Å². The summed E-state index contributed by atoms with van der Waals surface area (Å²) in [6.07, 6.45) is 3.15. The summed E-state index contributed by atoms with van der Waals surface area (Å²) < 4.78 is 5.14. The van der Waals surface area contributed by atoms with E-state index in [-0.39, 0.29) is 0 Å². The molecular weight excluding hydrogens is 166 g/mol. The van der Waals surface area contributed by atoms with E-state index >= 15 is 0 Å². The molecule has 0 aliphatic heterocycles. The molecule has 1 aliphatic carbocycles. The summed E-state index contributed by atoms with van der Waals surface area (Å²) >= 11 is 0. The summed E-state index contributed by atoms with van der Waals surface area (Å²) in [5, 5.41) is 3.85. The number of rotatable bonds is 3. The number of nitrogens with two attached hydrogens (primary N) is 1. The Kier molecular flexibility index (Phi) is 1.87. The molecule has 0 amide bonds. The van der Waals surface area contributed by atoms with Crippen LogP contribution in [0.5, 0.6) is 0 Å². The molecule has 1 heterocycles. The van der Waals surface area contributed by atoms with Gasteiger partial charge < -0.3 is 10.3 Å². The van der Waals surface area contributed by atoms with Crippen LogP contribution in [-0.4, -0.2) is 10.1 Å². The first-order valence-corrected chi connectivity index (χ1v) is 4.76. The Morgan fingerprint density at radius 2 is 2.31 bits per heavy atom. The van der Waals surface area contributed by atoms with E-state index in [1.54, 1.807) is 0 Å². The average molecular weight is 181 g/mol. The van der Waals surface area contributed by atoms with Gasteiger partial charge in [0.05, 0.1) is 5.54 Å². The van der Waals surface area contributed by atoms with Gasteiger partial charge in [0.2, 0.25) is 5.89 Å². The van der Waals surface area contributed by atoms with Gasteiger partial charge in [0.25, 0.3) is 0 Å². The molecule has 1 unspecified atom stereocenters. The average Bonchev–Trinajstić information content (AvgIpc) is 2.84. The maximum Gasteiger partial charge on any atom is 0.246 e. The number of nitrogens with zero attached hydrogens (tertiary/aromatic N) is 2. The van der Waals surface area contributed by atoms with Crippen LogP contribution in [0.3, 0.4) is 0 Å². The maximum atomic E-state index is 6.12. The van der Waals surface area contributed by atoms with Crippen LogP contribution in [0.4, 0.5) is 0 Å². The van der Waals surface area contributed by atoms with Crippen molar-refractivity contribution in [3.63, 3.8) is 0 Å². The molecule has 0 aromatic carbocycles. The third-order valence-corrected chi connectivity index (χ3v) is 2.67. The van der Waals surface area contributed by atoms with Gasteiger partial charge in [-0.2, -0.15) is 4.98 Å². The number of aromatic nitrogens is 2. The minimum Gasteiger partial charge on any atom is -0.337 e. The minimum absolute atomic E-state index is 0.416. The second-order valence-electron chi connectivity index (χ2n) is 3.93. The molecule has 4 nitrogen and oxygen atoms in total. The van der Waals surface area contributed by atoms with Crippen LogP contribution >= 0.6 is 0 Å². The first-order valence-electron chi connectivity index (χ1n) is 4.76. The Labute approximate surface area is 77.5 Å². The minimum atomic E-state index is -0.416. The van der Waals surface area contributed by atoms with Crippen LogP contribution < -0.4 is 5.73 Å². The third kappa shape index (κ3) is 1.46. The summed E-state index contributed by atoms with van der Waals surface area (Å²) in [7, 11) is 0. The summed E-state index contributed by atoms with van der Waals surface area (Å²) in [5.41, 5.74) is 5.70. The van der Waals surface area contributed by atoms with Crippen molar-refractivity contribution in [1.82, 2.24) is 10.1 Å². The van der Waals surface area contributed by atoms with E-state index in [0.717, 1.165) is 12.2 Å². The number of hydrogen-bond donors (Lipinski definition) is 1. The van der Waals surface area contributed by atoms with E-state index in [0.29, 0.717) is 11.8 Å². The molecule has 13 heavy (non-hydrogen) atoms. The van der Waals surface area contributed by atoms with Crippen molar-refractivity contribution in [2.75, 3.05) is 0 Å². The van der Waals surface area contributed by atoms with Crippen molar-refractivity contribution in [2.24, 2.45) is 11.7 Å². The van der Waals surface area contributed by atoms with Gasteiger partial charge >= 0.3 is 0 Å². The van der Waals surface area contributed by atoms with Gasteiger partial charge in [0.1, 0.15) is 0 Å². The summed E-state index contributed by atoms with van der Waals surface area (Å²) in [4.78, 5) is 4.26. The Balaban J connectivity index is 2.22. The lowest BCUT2D eigenvalue weighted by molar-refractivity contribution is 0.272. The second kappa shape index (κ2) is 2.80. The Morgan fingerprint density at radius 3 is 2.77 bits per heavy atom. The molecule has 0 spiro atoms. The highest BCUT2D eigenvalue weighted by atomic mass is 16.5. The van der Waals surface area contributed by atoms with Gasteiger partial charge in [-0.15, -0.1) is 0 Å². The highest BCUT2D eigenvalue weighted by Crippen LogP contribution is 2.43. The normalized spacial score (nSPS) is 21.5. The van der Waals surface area contributed by atoms with E-state index in [4.69, 9.17) is 10.3 Å². The highest BCUT2D eigenvalue weighted by molar-refractivity contribution is 5.07. The van der Waals surface area contributed by atoms with E-state index in [1.807, 2.05) is 13.8 Å². The third-order valence-electron chi connectivity index (χ3n) is 2.67. The number of aryl methyl sites for hydroxylation is 1. The van der Waals surface area contributed by atoms with Crippen molar-refractivity contribution >= 4 is 0 Å². The lowest BCUT2D eigenvalue weighted by atomic mass is 9.97. The smallest absolute Gasteiger partial charge is 0.246 e. The fourth-order valence-corrected chi connectivity index (χ4v) is 1.47. The zero-order chi connectivity index (χ0) is 9.47. The van der Waals surface area contributed by atoms with E-state index in [9.17, 15) is 0 Å². The first-order chi connectivity index (χ1) is 6.14. The molecule has 1 aliphatic rings. The number of hydrogen-bond acceptors (Lipinski definition) is 4. The molecule has 1 aromatic rings. The summed E-state index contributed by atoms with van der Waals surface area (Å²) in [6.45, 7) is 3.97. The van der Waals surface area contributed by atoms with Gasteiger partial charge in [-0.25, -0.2) is 0 Å². The summed E-state index contributed by atoms with van der Waals surface area (Å²) in [5.74, 6) is 1.86. The zero-order valence-electron chi connectivity index (χ0n) is 8.08. The van der Waals surface area contributed by atoms with Crippen molar-refractivity contribution < 1.29 is 4.52 Å². The zero-order valence-corrected chi connectivity index (χ0v) is 8.08. The van der Waals surface area contributed by atoms with Crippen LogP contribution in [0.15, 0.2) is 4.52 Å². The van der Waals surface area contributed by atoms with Crippen molar-refractivity contribution in [3.8, 4) is 0 Å². The van der Waals surface area contributed by atoms with Gasteiger partial charge in [-0.3, -0.25) is 0 Å². The standard InChI is InChI=1S/C9H15N3O/c1-3-7-11-8(13-12-7)9(2,10)6-4-5-6/h6H,3-5,10H2,1-2H3. The molecule has 4 heteroatoms. The molecule has 1 fully saturated rings. The van der Waals surface area contributed by atoms with Crippen molar-refractivity contribution in [2.45, 2.75) is 38.6 Å². The summed E-state index contributed by atoms with van der Waals surface area (Å²) in [6, 6.07) is 0. The van der Waals surface area contributed by atoms with Crippen molar-refractivity contribution in [1.29, 1.82) is 0 Å². The lowest BCUT2D eigenvalue weighted by Gasteiger charge is -2.18. The molecule has 72 valence electrons. The molecular formula is C9H15N3O. The molecule has 0 radical (unpaired) electrons. The molecule has 0 saturated heterocycles. The maximum absolute atomic E-state index is 6.12. The van der Waals surface area contributed by atoms with Gasteiger partial charge in [0.15, 0.2) is 5.82 Å². The molecule has 1 aromatic heterocycles. The monoisotopic (exact) mass is 181 g/mol. The largest absolute Gasteiger partial charge is 0.337 e. The Hall–Kier alpha value is -0.900. The quantitative estimate of drug-likeness (QED) is 0.761. The predicted molar refractivity (Wildman–Crippen MR) is 47.9 cm³/mol. The van der Waals surface area contributed by atoms with Crippen LogP contribution in [0.1, 0.15) is 38.4 Å². The van der Waals surface area contributed by atoms with E-state index < -0.39 is 5.54 Å². The fourth-order valence-electron chi connectivity index (χ4n) is 1.47. The Morgan fingerprint density at radius 1 is 1.62 bits per heavy atom. The molecule has 0 bridgehead atoms. The topological polar surface area (TPSA) is 64.9 Å². The lowest BCUT2D eigenvalue weighted by Crippen LogP contribution is -2.35. The van der Waals surface area contributed by atoms with E-state index in [1.165, 1.54) is 12.8 Å². The predicted octanol–water partition coefficient (Wildman–Crippen LogP) is 1.22. The SMILES string of the molecule is CCc1noc(C(C)(N)C2CC2)n1.